The van der Waals surface area contributed by atoms with Gasteiger partial charge in [-0.2, -0.15) is 0 Å². The van der Waals surface area contributed by atoms with Crippen molar-refractivity contribution in [3.8, 4) is 0 Å². The molecule has 0 aliphatic rings. The van der Waals surface area contributed by atoms with Crippen LogP contribution in [0.25, 0.3) is 0 Å². The highest BCUT2D eigenvalue weighted by atomic mass is 16.4. The zero-order valence-corrected chi connectivity index (χ0v) is 9.70. The Morgan fingerprint density at radius 1 is 1.44 bits per heavy atom. The van der Waals surface area contributed by atoms with E-state index in [1.54, 1.807) is 13.0 Å². The summed E-state index contributed by atoms with van der Waals surface area (Å²) in [5.41, 5.74) is 0.808. The average molecular weight is 245 g/mol. The van der Waals surface area contributed by atoms with Crippen molar-refractivity contribution in [1.29, 1.82) is 0 Å². The Labute approximate surface area is 103 Å². The number of carbonyl (C=O) groups is 1. The molecule has 0 saturated carbocycles. The lowest BCUT2D eigenvalue weighted by atomic mass is 10.2. The molecule has 0 bridgehead atoms. The van der Waals surface area contributed by atoms with Crippen molar-refractivity contribution in [3.05, 3.63) is 58.0 Å². The lowest BCUT2D eigenvalue weighted by Gasteiger charge is -2.07. The molecule has 0 unspecified atom stereocenters. The Hall–Kier alpha value is -2.50. The second-order valence-electron chi connectivity index (χ2n) is 3.80. The molecule has 0 fully saturated rings. The SMILES string of the molecule is Cc1cc(=O)n(Cc2ncccc2C(=O)O)cn1. The molecule has 0 spiro atoms. The molecule has 0 saturated heterocycles. The van der Waals surface area contributed by atoms with E-state index in [2.05, 4.69) is 9.97 Å². The first-order valence-electron chi connectivity index (χ1n) is 5.28. The van der Waals surface area contributed by atoms with E-state index in [1.165, 1.54) is 29.2 Å². The summed E-state index contributed by atoms with van der Waals surface area (Å²) in [6.07, 6.45) is 2.88. The summed E-state index contributed by atoms with van der Waals surface area (Å²) in [6.45, 7) is 1.81. The average Bonchev–Trinajstić information content (AvgIpc) is 2.33. The van der Waals surface area contributed by atoms with E-state index in [4.69, 9.17) is 5.11 Å². The van der Waals surface area contributed by atoms with E-state index in [0.717, 1.165) is 0 Å². The molecule has 92 valence electrons. The summed E-state index contributed by atoms with van der Waals surface area (Å²) in [5, 5.41) is 9.01. The highest BCUT2D eigenvalue weighted by molar-refractivity contribution is 5.88. The number of pyridine rings is 1. The number of hydrogen-bond donors (Lipinski definition) is 1. The van der Waals surface area contributed by atoms with Crippen molar-refractivity contribution in [2.24, 2.45) is 0 Å². The number of aromatic nitrogens is 3. The Kier molecular flexibility index (Phi) is 3.18. The number of aryl methyl sites for hydroxylation is 1. The Morgan fingerprint density at radius 3 is 2.89 bits per heavy atom. The third-order valence-corrected chi connectivity index (χ3v) is 2.46. The van der Waals surface area contributed by atoms with Crippen LogP contribution in [0.15, 0.2) is 35.5 Å². The van der Waals surface area contributed by atoms with E-state index in [-0.39, 0.29) is 17.7 Å². The van der Waals surface area contributed by atoms with E-state index in [1.807, 2.05) is 0 Å². The molecule has 2 rings (SSSR count). The first-order chi connectivity index (χ1) is 8.58. The minimum atomic E-state index is -1.06. The van der Waals surface area contributed by atoms with Gasteiger partial charge in [-0.25, -0.2) is 9.78 Å². The quantitative estimate of drug-likeness (QED) is 0.860. The Balaban J connectivity index is 2.40. The predicted octanol–water partition coefficient (Wildman–Crippen LogP) is 0.693. The van der Waals surface area contributed by atoms with Crippen molar-refractivity contribution >= 4 is 5.97 Å². The van der Waals surface area contributed by atoms with Crippen LogP contribution >= 0.6 is 0 Å². The zero-order chi connectivity index (χ0) is 13.1. The van der Waals surface area contributed by atoms with Crippen LogP contribution in [0.2, 0.25) is 0 Å². The lowest BCUT2D eigenvalue weighted by molar-refractivity contribution is 0.0695. The van der Waals surface area contributed by atoms with E-state index < -0.39 is 5.97 Å². The molecule has 1 N–H and O–H groups in total. The predicted molar refractivity (Wildman–Crippen MR) is 63.5 cm³/mol. The fourth-order valence-corrected chi connectivity index (χ4v) is 1.56. The molecule has 18 heavy (non-hydrogen) atoms. The van der Waals surface area contributed by atoms with Gasteiger partial charge in [-0.15, -0.1) is 0 Å². The summed E-state index contributed by atoms with van der Waals surface area (Å²) in [5.74, 6) is -1.06. The summed E-state index contributed by atoms with van der Waals surface area (Å²) < 4.78 is 1.32. The van der Waals surface area contributed by atoms with Gasteiger partial charge >= 0.3 is 5.97 Å². The maximum absolute atomic E-state index is 11.7. The number of aromatic carboxylic acids is 1. The molecule has 0 aliphatic carbocycles. The van der Waals surface area contributed by atoms with Crippen LogP contribution in [-0.4, -0.2) is 25.6 Å². The van der Waals surface area contributed by atoms with Crippen molar-refractivity contribution in [1.82, 2.24) is 14.5 Å². The van der Waals surface area contributed by atoms with Crippen LogP contribution in [0.3, 0.4) is 0 Å². The molecule has 0 radical (unpaired) electrons. The van der Waals surface area contributed by atoms with E-state index >= 15 is 0 Å². The van der Waals surface area contributed by atoms with Gasteiger partial charge < -0.3 is 5.11 Å². The Morgan fingerprint density at radius 2 is 2.22 bits per heavy atom. The minimum Gasteiger partial charge on any atom is -0.478 e. The molecule has 0 amide bonds. The molecule has 0 atom stereocenters. The number of nitrogens with zero attached hydrogens (tertiary/aromatic N) is 3. The van der Waals surface area contributed by atoms with E-state index in [9.17, 15) is 9.59 Å². The molecule has 6 heteroatoms. The van der Waals surface area contributed by atoms with Crippen LogP contribution in [0.1, 0.15) is 21.7 Å². The van der Waals surface area contributed by atoms with Gasteiger partial charge in [0.25, 0.3) is 5.56 Å². The fourth-order valence-electron chi connectivity index (χ4n) is 1.56. The van der Waals surface area contributed by atoms with Gasteiger partial charge in [-0.3, -0.25) is 14.3 Å². The topological polar surface area (TPSA) is 85.1 Å². The van der Waals surface area contributed by atoms with Crippen molar-refractivity contribution in [2.75, 3.05) is 0 Å². The summed E-state index contributed by atoms with van der Waals surface area (Å²) >= 11 is 0. The second kappa shape index (κ2) is 4.79. The van der Waals surface area contributed by atoms with Gasteiger partial charge in [0.05, 0.1) is 24.1 Å². The highest BCUT2D eigenvalue weighted by Gasteiger charge is 2.11. The smallest absolute Gasteiger partial charge is 0.337 e. The van der Waals surface area contributed by atoms with Crippen LogP contribution in [0, 0.1) is 6.92 Å². The first kappa shape index (κ1) is 12.0. The van der Waals surface area contributed by atoms with Gasteiger partial charge in [-0.1, -0.05) is 0 Å². The summed E-state index contributed by atoms with van der Waals surface area (Å²) in [6, 6.07) is 4.39. The molecule has 2 aromatic heterocycles. The second-order valence-corrected chi connectivity index (χ2v) is 3.80. The maximum Gasteiger partial charge on any atom is 0.337 e. The molecule has 0 aliphatic heterocycles. The fraction of sp³-hybridized carbons (Fsp3) is 0.167. The first-order valence-corrected chi connectivity index (χ1v) is 5.28. The van der Waals surface area contributed by atoms with Gasteiger partial charge in [0.2, 0.25) is 0 Å². The number of rotatable bonds is 3. The summed E-state index contributed by atoms with van der Waals surface area (Å²) in [4.78, 5) is 30.7. The van der Waals surface area contributed by atoms with Crippen molar-refractivity contribution < 1.29 is 9.90 Å². The van der Waals surface area contributed by atoms with Gasteiger partial charge in [-0.05, 0) is 19.1 Å². The highest BCUT2D eigenvalue weighted by Crippen LogP contribution is 2.06. The third-order valence-electron chi connectivity index (χ3n) is 2.46. The number of carboxylic acid groups (broad SMARTS) is 1. The normalized spacial score (nSPS) is 10.3. The zero-order valence-electron chi connectivity index (χ0n) is 9.70. The monoisotopic (exact) mass is 245 g/mol. The van der Waals surface area contributed by atoms with Gasteiger partial charge in [0.1, 0.15) is 0 Å². The number of carboxylic acids is 1. The molecule has 0 aromatic carbocycles. The summed E-state index contributed by atoms with van der Waals surface area (Å²) in [7, 11) is 0. The van der Waals surface area contributed by atoms with Crippen molar-refractivity contribution in [3.63, 3.8) is 0 Å². The molecular weight excluding hydrogens is 234 g/mol. The Bertz CT molecular complexity index is 649. The third kappa shape index (κ3) is 2.42. The molecule has 2 heterocycles. The van der Waals surface area contributed by atoms with Gasteiger partial charge in [0, 0.05) is 18.0 Å². The van der Waals surface area contributed by atoms with E-state index in [0.29, 0.717) is 11.4 Å². The number of hydrogen-bond acceptors (Lipinski definition) is 4. The minimum absolute atomic E-state index is 0.0879. The van der Waals surface area contributed by atoms with Crippen LogP contribution in [0.5, 0.6) is 0 Å². The molecule has 2 aromatic rings. The molecule has 6 nitrogen and oxygen atoms in total. The van der Waals surface area contributed by atoms with Crippen molar-refractivity contribution in [2.45, 2.75) is 13.5 Å². The van der Waals surface area contributed by atoms with Crippen LogP contribution < -0.4 is 5.56 Å². The standard InChI is InChI=1S/C12H11N3O3/c1-8-5-11(16)15(7-14-8)6-10-9(12(17)18)3-2-4-13-10/h2-5,7H,6H2,1H3,(H,17,18). The lowest BCUT2D eigenvalue weighted by Crippen LogP contribution is -2.22. The molecular formula is C12H11N3O3. The van der Waals surface area contributed by atoms with Crippen LogP contribution in [0.4, 0.5) is 0 Å². The largest absolute Gasteiger partial charge is 0.478 e. The maximum atomic E-state index is 11.7. The van der Waals surface area contributed by atoms with Crippen LogP contribution in [-0.2, 0) is 6.54 Å². The van der Waals surface area contributed by atoms with Gasteiger partial charge in [0.15, 0.2) is 0 Å².